The van der Waals surface area contributed by atoms with Gasteiger partial charge < -0.3 is 20.9 Å². The Bertz CT molecular complexity index is 482. The summed E-state index contributed by atoms with van der Waals surface area (Å²) in [6.07, 6.45) is 3.67. The van der Waals surface area contributed by atoms with Gasteiger partial charge in [0.15, 0.2) is 0 Å². The molecule has 6 heteroatoms. The van der Waals surface area contributed by atoms with E-state index in [1.54, 1.807) is 6.07 Å². The first-order valence-electron chi connectivity index (χ1n) is 5.70. The van der Waals surface area contributed by atoms with Gasteiger partial charge in [-0.25, -0.2) is 4.79 Å². The van der Waals surface area contributed by atoms with E-state index < -0.39 is 6.03 Å². The molecule has 3 rings (SSSR count). The number of carbonyl (C=O) groups is 2. The summed E-state index contributed by atoms with van der Waals surface area (Å²) in [6.45, 7) is 0. The van der Waals surface area contributed by atoms with Gasteiger partial charge in [0.05, 0.1) is 18.1 Å². The molecule has 2 aliphatic rings. The normalized spacial score (nSPS) is 30.4. The van der Waals surface area contributed by atoms with Gasteiger partial charge in [-0.05, 0) is 25.0 Å². The maximum atomic E-state index is 11.8. The first kappa shape index (κ1) is 10.2. The lowest BCUT2D eigenvalue weighted by Gasteiger charge is -2.32. The van der Waals surface area contributed by atoms with Crippen molar-refractivity contribution < 1.29 is 9.59 Å². The Morgan fingerprint density at radius 2 is 2.35 bits per heavy atom. The number of amides is 3. The predicted molar refractivity (Wildman–Crippen MR) is 60.5 cm³/mol. The number of hydrogen-bond acceptors (Lipinski definition) is 2. The first-order chi connectivity index (χ1) is 8.16. The van der Waals surface area contributed by atoms with Crippen molar-refractivity contribution in [2.24, 2.45) is 5.73 Å². The van der Waals surface area contributed by atoms with Crippen molar-refractivity contribution in [1.82, 2.24) is 15.2 Å². The Kier molecular flexibility index (Phi) is 2.10. The number of rotatable bonds is 1. The average molecular weight is 234 g/mol. The highest BCUT2D eigenvalue weighted by Gasteiger charge is 2.42. The highest BCUT2D eigenvalue weighted by atomic mass is 16.2. The summed E-state index contributed by atoms with van der Waals surface area (Å²) in [4.78, 5) is 22.7. The Morgan fingerprint density at radius 1 is 1.53 bits per heavy atom. The van der Waals surface area contributed by atoms with E-state index in [0.717, 1.165) is 12.8 Å². The van der Waals surface area contributed by atoms with Crippen molar-refractivity contribution in [3.63, 3.8) is 0 Å². The number of fused-ring (bicyclic) bond motifs is 3. The molecule has 90 valence electrons. The van der Waals surface area contributed by atoms with Crippen LogP contribution >= 0.6 is 0 Å². The van der Waals surface area contributed by atoms with Gasteiger partial charge >= 0.3 is 6.03 Å². The summed E-state index contributed by atoms with van der Waals surface area (Å²) in [7, 11) is 0. The number of hydrogen-bond donors (Lipinski definition) is 3. The van der Waals surface area contributed by atoms with E-state index in [2.05, 4.69) is 10.6 Å². The molecule has 0 spiro atoms. The molecule has 2 heterocycles. The number of nitrogens with two attached hydrogens (primary N) is 1. The molecule has 0 radical (unpaired) electrons. The molecule has 3 atom stereocenters. The molecule has 1 aromatic heterocycles. The quantitative estimate of drug-likeness (QED) is 0.637. The maximum Gasteiger partial charge on any atom is 0.312 e. The second kappa shape index (κ2) is 3.51. The SMILES string of the molecule is NC(=O)NC1CCC2C1NC(=O)c1cccn12. The molecule has 0 bridgehead atoms. The van der Waals surface area contributed by atoms with Crippen molar-refractivity contribution in [2.75, 3.05) is 0 Å². The number of primary amides is 1. The van der Waals surface area contributed by atoms with Gasteiger partial charge in [-0.1, -0.05) is 0 Å². The van der Waals surface area contributed by atoms with Gasteiger partial charge in [0.1, 0.15) is 5.69 Å². The van der Waals surface area contributed by atoms with Crippen LogP contribution < -0.4 is 16.4 Å². The molecule has 1 saturated carbocycles. The van der Waals surface area contributed by atoms with E-state index in [-0.39, 0.29) is 24.0 Å². The van der Waals surface area contributed by atoms with Crippen LogP contribution in [-0.2, 0) is 0 Å². The Hall–Kier alpha value is -1.98. The van der Waals surface area contributed by atoms with Crippen LogP contribution in [0.2, 0.25) is 0 Å². The van der Waals surface area contributed by atoms with E-state index in [1.165, 1.54) is 0 Å². The topological polar surface area (TPSA) is 89.2 Å². The van der Waals surface area contributed by atoms with Crippen LogP contribution in [0.3, 0.4) is 0 Å². The Morgan fingerprint density at radius 3 is 3.12 bits per heavy atom. The third-order valence-electron chi connectivity index (χ3n) is 3.62. The molecule has 1 aromatic rings. The van der Waals surface area contributed by atoms with Crippen molar-refractivity contribution in [3.8, 4) is 0 Å². The number of urea groups is 1. The summed E-state index contributed by atoms with van der Waals surface area (Å²) in [6, 6.07) is 3.22. The fourth-order valence-electron chi connectivity index (χ4n) is 2.93. The molecule has 4 N–H and O–H groups in total. The minimum Gasteiger partial charge on any atom is -0.352 e. The molecule has 17 heavy (non-hydrogen) atoms. The predicted octanol–water partition coefficient (Wildman–Crippen LogP) is -0.0281. The third kappa shape index (κ3) is 1.48. The maximum absolute atomic E-state index is 11.8. The highest BCUT2D eigenvalue weighted by Crippen LogP contribution is 2.34. The standard InChI is InChI=1S/C11H14N4O2/c12-11(17)13-6-3-4-7-9(6)14-10(16)8-2-1-5-15(7)8/h1-2,5-7,9H,3-4H2,(H,14,16)(H3,12,13,17). The zero-order chi connectivity index (χ0) is 12.0. The zero-order valence-electron chi connectivity index (χ0n) is 9.22. The van der Waals surface area contributed by atoms with Gasteiger partial charge in [-0.3, -0.25) is 4.79 Å². The summed E-state index contributed by atoms with van der Waals surface area (Å²) < 4.78 is 1.99. The van der Waals surface area contributed by atoms with Crippen molar-refractivity contribution in [1.29, 1.82) is 0 Å². The van der Waals surface area contributed by atoms with Gasteiger partial charge in [-0.2, -0.15) is 0 Å². The minimum atomic E-state index is -0.539. The molecule has 1 aliphatic carbocycles. The largest absolute Gasteiger partial charge is 0.352 e. The second-order valence-corrected chi connectivity index (χ2v) is 4.56. The molecular weight excluding hydrogens is 220 g/mol. The fourth-order valence-corrected chi connectivity index (χ4v) is 2.93. The summed E-state index contributed by atoms with van der Waals surface area (Å²) in [5.41, 5.74) is 5.82. The Balaban J connectivity index is 1.90. The van der Waals surface area contributed by atoms with Gasteiger partial charge in [0.25, 0.3) is 5.91 Å². The monoisotopic (exact) mass is 234 g/mol. The molecule has 3 amide bonds. The second-order valence-electron chi connectivity index (χ2n) is 4.56. The summed E-state index contributed by atoms with van der Waals surface area (Å²) in [5, 5.41) is 5.64. The van der Waals surface area contributed by atoms with Crippen LogP contribution in [-0.4, -0.2) is 28.6 Å². The van der Waals surface area contributed by atoms with Crippen LogP contribution in [0.5, 0.6) is 0 Å². The van der Waals surface area contributed by atoms with Gasteiger partial charge in [-0.15, -0.1) is 0 Å². The van der Waals surface area contributed by atoms with E-state index in [4.69, 9.17) is 5.73 Å². The highest BCUT2D eigenvalue weighted by molar-refractivity contribution is 5.94. The number of nitrogens with zero attached hydrogens (tertiary/aromatic N) is 1. The first-order valence-corrected chi connectivity index (χ1v) is 5.70. The number of nitrogens with one attached hydrogen (secondary N) is 2. The van der Waals surface area contributed by atoms with Crippen LogP contribution in [0.4, 0.5) is 4.79 Å². The van der Waals surface area contributed by atoms with Crippen LogP contribution in [0, 0.1) is 0 Å². The van der Waals surface area contributed by atoms with E-state index >= 15 is 0 Å². The zero-order valence-corrected chi connectivity index (χ0v) is 9.22. The van der Waals surface area contributed by atoms with E-state index in [1.807, 2.05) is 16.8 Å². The molecular formula is C11H14N4O2. The molecule has 1 aliphatic heterocycles. The van der Waals surface area contributed by atoms with Crippen molar-refractivity contribution >= 4 is 11.9 Å². The lowest BCUT2D eigenvalue weighted by molar-refractivity contribution is 0.0880. The number of carbonyl (C=O) groups excluding carboxylic acids is 2. The van der Waals surface area contributed by atoms with Crippen molar-refractivity contribution in [3.05, 3.63) is 24.0 Å². The molecule has 1 fully saturated rings. The van der Waals surface area contributed by atoms with E-state index in [9.17, 15) is 9.59 Å². The average Bonchev–Trinajstić information content (AvgIpc) is 2.85. The van der Waals surface area contributed by atoms with Gasteiger partial charge in [0, 0.05) is 6.20 Å². The van der Waals surface area contributed by atoms with Crippen LogP contribution in [0.25, 0.3) is 0 Å². The smallest absolute Gasteiger partial charge is 0.312 e. The summed E-state index contributed by atoms with van der Waals surface area (Å²) >= 11 is 0. The molecule has 6 nitrogen and oxygen atoms in total. The lowest BCUT2D eigenvalue weighted by Crippen LogP contribution is -2.55. The fraction of sp³-hybridized carbons (Fsp3) is 0.455. The van der Waals surface area contributed by atoms with Crippen molar-refractivity contribution in [2.45, 2.75) is 31.0 Å². The minimum absolute atomic E-state index is 0.0603. The molecule has 0 saturated heterocycles. The number of aromatic nitrogens is 1. The summed E-state index contributed by atoms with van der Waals surface area (Å²) in [5.74, 6) is -0.0885. The molecule has 3 unspecified atom stereocenters. The lowest BCUT2D eigenvalue weighted by atomic mass is 10.1. The van der Waals surface area contributed by atoms with Crippen LogP contribution in [0.15, 0.2) is 18.3 Å². The van der Waals surface area contributed by atoms with Gasteiger partial charge in [0.2, 0.25) is 0 Å². The third-order valence-corrected chi connectivity index (χ3v) is 3.62. The van der Waals surface area contributed by atoms with E-state index in [0.29, 0.717) is 5.69 Å². The Labute approximate surface area is 98.2 Å². The van der Waals surface area contributed by atoms with Crippen LogP contribution in [0.1, 0.15) is 29.4 Å². The molecule has 0 aromatic carbocycles.